The average molecular weight is 316 g/mol. The highest BCUT2D eigenvalue weighted by Crippen LogP contribution is 2.15. The van der Waals surface area contributed by atoms with Crippen LogP contribution in [0.2, 0.25) is 0 Å². The molecule has 0 radical (unpaired) electrons. The van der Waals surface area contributed by atoms with Crippen LogP contribution in [0.25, 0.3) is 0 Å². The van der Waals surface area contributed by atoms with Crippen molar-refractivity contribution >= 4 is 6.03 Å². The van der Waals surface area contributed by atoms with Gasteiger partial charge in [0.1, 0.15) is 5.82 Å². The molecule has 23 heavy (non-hydrogen) atoms. The molecule has 1 aliphatic heterocycles. The largest absolute Gasteiger partial charge is 0.349 e. The van der Waals surface area contributed by atoms with Crippen LogP contribution in [0.4, 0.5) is 9.18 Å². The molecule has 1 unspecified atom stereocenters. The number of nitrogens with zero attached hydrogens (tertiary/aromatic N) is 2. The Bertz CT molecular complexity index is 667. The summed E-state index contributed by atoms with van der Waals surface area (Å²) < 4.78 is 15.0. The number of fused-ring (bicyclic) bond motifs is 1. The van der Waals surface area contributed by atoms with E-state index in [2.05, 4.69) is 39.4 Å². The van der Waals surface area contributed by atoms with Gasteiger partial charge in [-0.25, -0.2) is 9.18 Å². The fraction of sp³-hybridized carbons (Fsp3) is 0.353. The van der Waals surface area contributed by atoms with Gasteiger partial charge in [0.15, 0.2) is 0 Å². The van der Waals surface area contributed by atoms with Gasteiger partial charge in [0.2, 0.25) is 0 Å². The summed E-state index contributed by atoms with van der Waals surface area (Å²) in [7, 11) is 2.07. The molecule has 122 valence electrons. The Labute approximate surface area is 135 Å². The Hall–Kier alpha value is -2.34. The van der Waals surface area contributed by atoms with E-state index in [1.165, 1.54) is 17.8 Å². The van der Waals surface area contributed by atoms with Crippen molar-refractivity contribution in [3.8, 4) is 0 Å². The van der Waals surface area contributed by atoms with Crippen molar-refractivity contribution < 1.29 is 9.18 Å². The molecule has 5 nitrogen and oxygen atoms in total. The maximum Gasteiger partial charge on any atom is 0.315 e. The van der Waals surface area contributed by atoms with Gasteiger partial charge >= 0.3 is 6.03 Å². The molecule has 1 aromatic carbocycles. The number of benzene rings is 1. The standard InChI is InChI=1S/C17H21FN4O/c1-21-11-15-3-2-8-22(15)12-16(21)10-20-17(23)19-9-13-4-6-14(18)7-5-13/h2-8,16H,9-12H2,1H3,(H2,19,20,23). The lowest BCUT2D eigenvalue weighted by atomic mass is 10.2. The maximum atomic E-state index is 12.8. The number of urea groups is 1. The number of hydrogen-bond donors (Lipinski definition) is 2. The van der Waals surface area contributed by atoms with Gasteiger partial charge in [-0.05, 0) is 36.9 Å². The second-order valence-electron chi connectivity index (χ2n) is 5.91. The van der Waals surface area contributed by atoms with Crippen LogP contribution in [0, 0.1) is 5.82 Å². The molecule has 0 saturated carbocycles. The SMILES string of the molecule is CN1Cc2cccn2CC1CNC(=O)NCc1ccc(F)cc1. The monoisotopic (exact) mass is 316 g/mol. The first-order chi connectivity index (χ1) is 11.1. The molecule has 2 heterocycles. The average Bonchev–Trinajstić information content (AvgIpc) is 2.99. The number of aromatic nitrogens is 1. The van der Waals surface area contributed by atoms with Crippen LogP contribution in [0.15, 0.2) is 42.6 Å². The van der Waals surface area contributed by atoms with E-state index in [1.807, 2.05) is 6.07 Å². The molecular formula is C17H21FN4O. The van der Waals surface area contributed by atoms with Gasteiger partial charge in [0, 0.05) is 44.1 Å². The smallest absolute Gasteiger partial charge is 0.315 e. The Morgan fingerprint density at radius 3 is 2.83 bits per heavy atom. The first kappa shape index (κ1) is 15.6. The quantitative estimate of drug-likeness (QED) is 0.906. The molecule has 0 fully saturated rings. The molecule has 2 aromatic rings. The van der Waals surface area contributed by atoms with Gasteiger partial charge in [-0.3, -0.25) is 4.90 Å². The highest BCUT2D eigenvalue weighted by molar-refractivity contribution is 5.73. The lowest BCUT2D eigenvalue weighted by Crippen LogP contribution is -2.49. The molecule has 1 aliphatic rings. The number of carbonyl (C=O) groups excluding carboxylic acids is 1. The molecule has 1 aromatic heterocycles. The summed E-state index contributed by atoms with van der Waals surface area (Å²) in [6.07, 6.45) is 2.07. The van der Waals surface area contributed by atoms with Gasteiger partial charge in [-0.15, -0.1) is 0 Å². The van der Waals surface area contributed by atoms with Crippen LogP contribution >= 0.6 is 0 Å². The molecule has 6 heteroatoms. The zero-order chi connectivity index (χ0) is 16.2. The summed E-state index contributed by atoms with van der Waals surface area (Å²) in [6, 6.07) is 10.3. The summed E-state index contributed by atoms with van der Waals surface area (Å²) in [4.78, 5) is 14.2. The highest BCUT2D eigenvalue weighted by atomic mass is 19.1. The van der Waals surface area contributed by atoms with Crippen molar-refractivity contribution in [3.63, 3.8) is 0 Å². The van der Waals surface area contributed by atoms with Crippen molar-refractivity contribution in [2.45, 2.75) is 25.7 Å². The van der Waals surface area contributed by atoms with Crippen LogP contribution in [0.3, 0.4) is 0 Å². The Balaban J connectivity index is 1.45. The van der Waals surface area contributed by atoms with E-state index < -0.39 is 0 Å². The predicted molar refractivity (Wildman–Crippen MR) is 86.3 cm³/mol. The molecule has 0 spiro atoms. The van der Waals surface area contributed by atoms with Gasteiger partial charge in [-0.2, -0.15) is 0 Å². The minimum absolute atomic E-state index is 0.207. The van der Waals surface area contributed by atoms with Crippen molar-refractivity contribution in [1.29, 1.82) is 0 Å². The van der Waals surface area contributed by atoms with Gasteiger partial charge < -0.3 is 15.2 Å². The minimum Gasteiger partial charge on any atom is -0.349 e. The fourth-order valence-electron chi connectivity index (χ4n) is 2.80. The Morgan fingerprint density at radius 1 is 1.26 bits per heavy atom. The third kappa shape index (κ3) is 3.90. The molecule has 0 aliphatic carbocycles. The van der Waals surface area contributed by atoms with E-state index in [-0.39, 0.29) is 17.9 Å². The van der Waals surface area contributed by atoms with Crippen LogP contribution in [-0.4, -0.2) is 35.1 Å². The third-order valence-electron chi connectivity index (χ3n) is 4.23. The van der Waals surface area contributed by atoms with Crippen LogP contribution in [0.1, 0.15) is 11.3 Å². The topological polar surface area (TPSA) is 49.3 Å². The van der Waals surface area contributed by atoms with Crippen LogP contribution in [-0.2, 0) is 19.6 Å². The van der Waals surface area contributed by atoms with E-state index in [4.69, 9.17) is 0 Å². The number of hydrogen-bond acceptors (Lipinski definition) is 2. The summed E-state index contributed by atoms with van der Waals surface area (Å²) in [6.45, 7) is 2.73. The van der Waals surface area contributed by atoms with Gasteiger partial charge in [0.05, 0.1) is 0 Å². The number of likely N-dealkylation sites (N-methyl/N-ethyl adjacent to an activating group) is 1. The van der Waals surface area contributed by atoms with Gasteiger partial charge in [-0.1, -0.05) is 12.1 Å². The molecule has 0 saturated heterocycles. The summed E-state index contributed by atoms with van der Waals surface area (Å²) in [5, 5.41) is 5.70. The minimum atomic E-state index is -0.275. The van der Waals surface area contributed by atoms with Crippen molar-refractivity contribution in [2.75, 3.05) is 13.6 Å². The molecule has 3 rings (SSSR count). The lowest BCUT2D eigenvalue weighted by Gasteiger charge is -2.34. The van der Waals surface area contributed by atoms with E-state index in [0.717, 1.165) is 18.7 Å². The number of halogens is 1. The van der Waals surface area contributed by atoms with Crippen molar-refractivity contribution in [1.82, 2.24) is 20.1 Å². The van der Waals surface area contributed by atoms with E-state index in [1.54, 1.807) is 12.1 Å². The second kappa shape index (κ2) is 6.83. The number of rotatable bonds is 4. The molecule has 2 N–H and O–H groups in total. The van der Waals surface area contributed by atoms with Crippen molar-refractivity contribution in [2.24, 2.45) is 0 Å². The van der Waals surface area contributed by atoms with Gasteiger partial charge in [0.25, 0.3) is 0 Å². The fourth-order valence-corrected chi connectivity index (χ4v) is 2.80. The Morgan fingerprint density at radius 2 is 2.04 bits per heavy atom. The van der Waals surface area contributed by atoms with E-state index in [0.29, 0.717) is 13.1 Å². The third-order valence-corrected chi connectivity index (χ3v) is 4.23. The first-order valence-corrected chi connectivity index (χ1v) is 7.72. The number of nitrogens with one attached hydrogen (secondary N) is 2. The lowest BCUT2D eigenvalue weighted by molar-refractivity contribution is 0.172. The zero-order valence-electron chi connectivity index (χ0n) is 13.1. The zero-order valence-corrected chi connectivity index (χ0v) is 13.1. The van der Waals surface area contributed by atoms with E-state index in [9.17, 15) is 9.18 Å². The van der Waals surface area contributed by atoms with Crippen LogP contribution < -0.4 is 10.6 Å². The van der Waals surface area contributed by atoms with E-state index >= 15 is 0 Å². The summed E-state index contributed by atoms with van der Waals surface area (Å²) >= 11 is 0. The molecule has 0 bridgehead atoms. The van der Waals surface area contributed by atoms with Crippen molar-refractivity contribution in [3.05, 3.63) is 59.7 Å². The molecular weight excluding hydrogens is 295 g/mol. The predicted octanol–water partition coefficient (Wildman–Crippen LogP) is 1.94. The first-order valence-electron chi connectivity index (χ1n) is 7.72. The summed E-state index contributed by atoms with van der Waals surface area (Å²) in [5.74, 6) is -0.275. The van der Waals surface area contributed by atoms with Crippen LogP contribution in [0.5, 0.6) is 0 Å². The normalized spacial score (nSPS) is 17.6. The molecule has 1 atom stereocenters. The maximum absolute atomic E-state index is 12.8. The number of carbonyl (C=O) groups is 1. The Kier molecular flexibility index (Phi) is 4.62. The molecule has 2 amide bonds. The summed E-state index contributed by atoms with van der Waals surface area (Å²) in [5.41, 5.74) is 2.16. The highest BCUT2D eigenvalue weighted by Gasteiger charge is 2.22. The number of amides is 2. The second-order valence-corrected chi connectivity index (χ2v) is 5.91.